The van der Waals surface area contributed by atoms with Crippen molar-refractivity contribution in [3.63, 3.8) is 0 Å². The van der Waals surface area contributed by atoms with Crippen LogP contribution >= 0.6 is 0 Å². The summed E-state index contributed by atoms with van der Waals surface area (Å²) in [4.78, 5) is 10.3. The average Bonchev–Trinajstić information content (AvgIpc) is 2.69. The van der Waals surface area contributed by atoms with Gasteiger partial charge in [-0.3, -0.25) is 4.79 Å². The van der Waals surface area contributed by atoms with Crippen LogP contribution < -0.4 is 11.1 Å². The number of alkyl halides is 2. The molecule has 3 aromatic carbocycles. The maximum Gasteiger partial charge on any atom is 0.320 e. The lowest BCUT2D eigenvalue weighted by Crippen LogP contribution is -2.40. The molecule has 4 nitrogen and oxygen atoms in total. The second-order valence-electron chi connectivity index (χ2n) is 6.01. The molecular formula is C20H20F4N2O2. The summed E-state index contributed by atoms with van der Waals surface area (Å²) >= 11 is 0. The number of aliphatic carboxylic acids is 1. The second kappa shape index (κ2) is 10.0. The molecule has 8 heteroatoms. The van der Waals surface area contributed by atoms with Gasteiger partial charge in [0.1, 0.15) is 17.7 Å². The van der Waals surface area contributed by atoms with Crippen LogP contribution in [0, 0.1) is 11.6 Å². The Morgan fingerprint density at radius 2 is 1.32 bits per heavy atom. The van der Waals surface area contributed by atoms with Crippen molar-refractivity contribution in [2.75, 3.05) is 6.54 Å². The molecule has 3 rings (SSSR count). The van der Waals surface area contributed by atoms with Crippen LogP contribution in [0.25, 0.3) is 21.5 Å². The molecule has 0 bridgehead atoms. The standard InChI is InChI=1S/C14H8F2.C6H12F2N2O2/c15-13-9-5-1-2-6-10(9)14(16)12-8-4-3-7-11(12)13;7-6(8)10-4(5(11)12)2-1-3-9/h1-8H;4,6,10H,1-3,9H2,(H,11,12)/t;4-/m.0/s1. The Kier molecular flexibility index (Phi) is 7.71. The molecule has 0 aliphatic carbocycles. The molecule has 0 unspecified atom stereocenters. The van der Waals surface area contributed by atoms with Gasteiger partial charge in [0.05, 0.1) is 0 Å². The topological polar surface area (TPSA) is 75.3 Å². The summed E-state index contributed by atoms with van der Waals surface area (Å²) in [7, 11) is 0. The molecule has 0 spiro atoms. The van der Waals surface area contributed by atoms with Crippen molar-refractivity contribution in [3.8, 4) is 0 Å². The Labute approximate surface area is 158 Å². The number of hydrogen-bond donors (Lipinski definition) is 3. The first-order valence-electron chi connectivity index (χ1n) is 8.58. The van der Waals surface area contributed by atoms with Gasteiger partial charge in [0.25, 0.3) is 6.55 Å². The van der Waals surface area contributed by atoms with Gasteiger partial charge in [0.2, 0.25) is 0 Å². The minimum atomic E-state index is -2.80. The van der Waals surface area contributed by atoms with E-state index in [-0.39, 0.29) is 18.1 Å². The van der Waals surface area contributed by atoms with Crippen LogP contribution in [0.2, 0.25) is 0 Å². The smallest absolute Gasteiger partial charge is 0.320 e. The number of carbonyl (C=O) groups is 1. The summed E-state index contributed by atoms with van der Waals surface area (Å²) in [6.07, 6.45) is 0.535. The van der Waals surface area contributed by atoms with E-state index < -0.39 is 18.6 Å². The number of carboxylic acid groups (broad SMARTS) is 1. The maximum absolute atomic E-state index is 14.1. The van der Waals surface area contributed by atoms with E-state index in [1.54, 1.807) is 53.8 Å². The van der Waals surface area contributed by atoms with E-state index in [9.17, 15) is 22.4 Å². The van der Waals surface area contributed by atoms with Gasteiger partial charge in [0.15, 0.2) is 0 Å². The molecule has 0 saturated carbocycles. The van der Waals surface area contributed by atoms with E-state index in [4.69, 9.17) is 10.8 Å². The number of carboxylic acids is 1. The van der Waals surface area contributed by atoms with E-state index in [2.05, 4.69) is 0 Å². The highest BCUT2D eigenvalue weighted by Gasteiger charge is 2.19. The van der Waals surface area contributed by atoms with Crippen LogP contribution in [0.15, 0.2) is 48.5 Å². The van der Waals surface area contributed by atoms with Gasteiger partial charge in [-0.15, -0.1) is 0 Å². The van der Waals surface area contributed by atoms with Crippen LogP contribution in [0.3, 0.4) is 0 Å². The lowest BCUT2D eigenvalue weighted by molar-refractivity contribution is -0.141. The number of rotatable bonds is 6. The predicted molar refractivity (Wildman–Crippen MR) is 100 cm³/mol. The Hall–Kier alpha value is -2.71. The fourth-order valence-corrected chi connectivity index (χ4v) is 2.77. The zero-order valence-corrected chi connectivity index (χ0v) is 14.8. The molecule has 1 atom stereocenters. The first-order chi connectivity index (χ1) is 13.4. The first kappa shape index (κ1) is 21.6. The number of hydrogen-bond acceptors (Lipinski definition) is 3. The summed E-state index contributed by atoms with van der Waals surface area (Å²) in [5.74, 6) is -1.98. The molecular weight excluding hydrogens is 376 g/mol. The van der Waals surface area contributed by atoms with Gasteiger partial charge in [-0.1, -0.05) is 48.5 Å². The zero-order chi connectivity index (χ0) is 20.7. The summed E-state index contributed by atoms with van der Waals surface area (Å²) in [6.45, 7) is -2.50. The monoisotopic (exact) mass is 396 g/mol. The number of nitrogens with two attached hydrogens (primary N) is 1. The van der Waals surface area contributed by atoms with Gasteiger partial charge in [-0.2, -0.15) is 8.78 Å². The lowest BCUT2D eigenvalue weighted by Gasteiger charge is -2.12. The molecule has 150 valence electrons. The van der Waals surface area contributed by atoms with Crippen molar-refractivity contribution in [3.05, 3.63) is 60.2 Å². The maximum atomic E-state index is 14.1. The number of benzene rings is 3. The molecule has 4 N–H and O–H groups in total. The van der Waals surface area contributed by atoms with Gasteiger partial charge in [0, 0.05) is 21.5 Å². The van der Waals surface area contributed by atoms with Crippen molar-refractivity contribution in [2.45, 2.75) is 25.4 Å². The number of fused-ring (bicyclic) bond motifs is 2. The molecule has 0 radical (unpaired) electrons. The number of halogens is 4. The molecule has 0 fully saturated rings. The van der Waals surface area contributed by atoms with Crippen molar-refractivity contribution < 1.29 is 27.5 Å². The third-order valence-corrected chi connectivity index (χ3v) is 4.12. The van der Waals surface area contributed by atoms with E-state index in [0.717, 1.165) is 0 Å². The molecule has 0 aliphatic rings. The highest BCUT2D eigenvalue weighted by molar-refractivity contribution is 5.99. The van der Waals surface area contributed by atoms with Gasteiger partial charge in [-0.25, -0.2) is 14.1 Å². The molecule has 0 amide bonds. The fraction of sp³-hybridized carbons (Fsp3) is 0.250. The first-order valence-corrected chi connectivity index (χ1v) is 8.58. The van der Waals surface area contributed by atoms with E-state index >= 15 is 0 Å². The summed E-state index contributed by atoms with van der Waals surface area (Å²) in [6, 6.07) is 12.0. The Bertz CT molecular complexity index is 833. The normalized spacial score (nSPS) is 12.1. The molecule has 0 heterocycles. The van der Waals surface area contributed by atoms with Gasteiger partial charge in [-0.05, 0) is 19.4 Å². The SMILES string of the molecule is Fc1c2ccccc2c(F)c2ccccc12.NCCC[C@H](NC(F)F)C(=O)O. The lowest BCUT2D eigenvalue weighted by atomic mass is 10.0. The van der Waals surface area contributed by atoms with E-state index in [1.165, 1.54) is 0 Å². The molecule has 3 aromatic rings. The van der Waals surface area contributed by atoms with Crippen molar-refractivity contribution >= 4 is 27.5 Å². The van der Waals surface area contributed by atoms with E-state index in [0.29, 0.717) is 34.5 Å². The van der Waals surface area contributed by atoms with Gasteiger partial charge >= 0.3 is 5.97 Å². The van der Waals surface area contributed by atoms with Crippen molar-refractivity contribution in [1.29, 1.82) is 0 Å². The Morgan fingerprint density at radius 1 is 0.929 bits per heavy atom. The summed E-state index contributed by atoms with van der Waals surface area (Å²) in [5, 5.41) is 11.4. The zero-order valence-electron chi connectivity index (χ0n) is 14.8. The second-order valence-corrected chi connectivity index (χ2v) is 6.01. The van der Waals surface area contributed by atoms with Crippen molar-refractivity contribution in [2.24, 2.45) is 5.73 Å². The predicted octanol–water partition coefficient (Wildman–Crippen LogP) is 4.26. The van der Waals surface area contributed by atoms with Crippen LogP contribution in [0.5, 0.6) is 0 Å². The van der Waals surface area contributed by atoms with Crippen LogP contribution in [-0.4, -0.2) is 30.2 Å². The van der Waals surface area contributed by atoms with Crippen LogP contribution in [0.4, 0.5) is 17.6 Å². The molecule has 28 heavy (non-hydrogen) atoms. The molecule has 0 aliphatic heterocycles. The van der Waals surface area contributed by atoms with Crippen LogP contribution in [0.1, 0.15) is 12.8 Å². The minimum absolute atomic E-state index is 0.121. The Balaban J connectivity index is 0.000000211. The Morgan fingerprint density at radius 3 is 1.61 bits per heavy atom. The molecule has 0 saturated heterocycles. The quantitative estimate of drug-likeness (QED) is 0.331. The molecule has 0 aromatic heterocycles. The van der Waals surface area contributed by atoms with Gasteiger partial charge < -0.3 is 10.8 Å². The van der Waals surface area contributed by atoms with Crippen LogP contribution in [-0.2, 0) is 4.79 Å². The number of nitrogens with one attached hydrogen (secondary N) is 1. The fourth-order valence-electron chi connectivity index (χ4n) is 2.77. The van der Waals surface area contributed by atoms with E-state index in [1.807, 2.05) is 0 Å². The highest BCUT2D eigenvalue weighted by Crippen LogP contribution is 2.30. The highest BCUT2D eigenvalue weighted by atomic mass is 19.3. The summed E-state index contributed by atoms with van der Waals surface area (Å²) in [5.41, 5.74) is 5.10. The van der Waals surface area contributed by atoms with Crippen molar-refractivity contribution in [1.82, 2.24) is 5.32 Å². The third-order valence-electron chi connectivity index (χ3n) is 4.12. The summed E-state index contributed by atoms with van der Waals surface area (Å²) < 4.78 is 51.5. The minimum Gasteiger partial charge on any atom is -0.480 e. The average molecular weight is 396 g/mol. The third kappa shape index (κ3) is 5.17. The largest absolute Gasteiger partial charge is 0.480 e.